The Balaban J connectivity index is 0.00000361. The highest BCUT2D eigenvalue weighted by atomic mass is 35.5. The standard InChI is InChI=1S/C10H18N4O5.ClH/c1-2-17-10(16)19-9(15)13-8(12)14-3-4-18-7(5-11)6-14;/h7H,2-6,11H2,1H3,(H2,12,13,15);1H. The van der Waals surface area contributed by atoms with E-state index >= 15 is 0 Å². The lowest BCUT2D eigenvalue weighted by Gasteiger charge is -2.33. The lowest BCUT2D eigenvalue weighted by Crippen LogP contribution is -2.53. The molecule has 10 heteroatoms. The number of morpholine rings is 1. The van der Waals surface area contributed by atoms with Crippen molar-refractivity contribution in [3.05, 3.63) is 0 Å². The molecule has 0 aromatic carbocycles. The number of alkyl carbamates (subject to hydrolysis) is 1. The van der Waals surface area contributed by atoms with Gasteiger partial charge in [-0.1, -0.05) is 0 Å². The molecule has 1 heterocycles. The van der Waals surface area contributed by atoms with Crippen molar-refractivity contribution in [1.82, 2.24) is 10.2 Å². The van der Waals surface area contributed by atoms with Crippen molar-refractivity contribution in [1.29, 1.82) is 5.41 Å². The van der Waals surface area contributed by atoms with Crippen LogP contribution in [0.4, 0.5) is 9.59 Å². The van der Waals surface area contributed by atoms with Crippen molar-refractivity contribution in [3.63, 3.8) is 0 Å². The zero-order valence-electron chi connectivity index (χ0n) is 11.1. The minimum atomic E-state index is -1.10. The number of carbonyl (C=O) groups is 2. The lowest BCUT2D eigenvalue weighted by atomic mass is 10.3. The number of carbonyl (C=O) groups excluding carboxylic acids is 2. The molecule has 0 aromatic rings. The molecule has 1 atom stereocenters. The van der Waals surface area contributed by atoms with E-state index < -0.39 is 12.2 Å². The predicted octanol–water partition coefficient (Wildman–Crippen LogP) is -0.115. The number of rotatable bonds is 2. The van der Waals surface area contributed by atoms with Gasteiger partial charge in [-0.05, 0) is 6.92 Å². The summed E-state index contributed by atoms with van der Waals surface area (Å²) in [7, 11) is 0. The van der Waals surface area contributed by atoms with E-state index in [2.05, 4.69) is 14.8 Å². The summed E-state index contributed by atoms with van der Waals surface area (Å²) >= 11 is 0. The molecule has 1 unspecified atom stereocenters. The minimum absolute atomic E-state index is 0. The maximum Gasteiger partial charge on any atom is 0.517 e. The number of guanidine groups is 1. The molecule has 1 aliphatic rings. The third kappa shape index (κ3) is 6.04. The highest BCUT2D eigenvalue weighted by Gasteiger charge is 2.23. The van der Waals surface area contributed by atoms with Gasteiger partial charge in [0, 0.05) is 19.6 Å². The van der Waals surface area contributed by atoms with Crippen molar-refractivity contribution in [2.24, 2.45) is 5.73 Å². The predicted molar refractivity (Wildman–Crippen MR) is 72.0 cm³/mol. The lowest BCUT2D eigenvalue weighted by molar-refractivity contribution is -0.00122. The number of halogens is 1. The molecular formula is C10H19ClN4O5. The van der Waals surface area contributed by atoms with E-state index in [1.54, 1.807) is 11.8 Å². The SMILES string of the molecule is CCOC(=O)OC(=O)NC(=N)N1CCOC(CN)C1.Cl. The molecular weight excluding hydrogens is 292 g/mol. The second-order valence-electron chi connectivity index (χ2n) is 3.72. The molecule has 1 fully saturated rings. The molecule has 0 radical (unpaired) electrons. The summed E-state index contributed by atoms with van der Waals surface area (Å²) in [6.45, 7) is 3.28. The largest absolute Gasteiger partial charge is 0.517 e. The Bertz CT molecular complexity index is 355. The molecule has 20 heavy (non-hydrogen) atoms. The van der Waals surface area contributed by atoms with E-state index in [1.165, 1.54) is 0 Å². The van der Waals surface area contributed by atoms with Gasteiger partial charge in [-0.25, -0.2) is 9.59 Å². The first-order chi connectivity index (χ1) is 9.06. The van der Waals surface area contributed by atoms with E-state index in [-0.39, 0.29) is 31.1 Å². The van der Waals surface area contributed by atoms with Crippen LogP contribution in [-0.2, 0) is 14.2 Å². The van der Waals surface area contributed by atoms with Crippen molar-refractivity contribution >= 4 is 30.6 Å². The van der Waals surface area contributed by atoms with Crippen LogP contribution in [0.3, 0.4) is 0 Å². The second kappa shape index (κ2) is 9.34. The molecule has 1 aliphatic heterocycles. The molecule has 1 rings (SSSR count). The Morgan fingerprint density at radius 1 is 1.55 bits per heavy atom. The molecule has 1 saturated heterocycles. The molecule has 0 saturated carbocycles. The van der Waals surface area contributed by atoms with Gasteiger partial charge in [-0.15, -0.1) is 12.4 Å². The number of nitrogens with zero attached hydrogens (tertiary/aromatic N) is 1. The Morgan fingerprint density at radius 2 is 2.25 bits per heavy atom. The van der Waals surface area contributed by atoms with Crippen molar-refractivity contribution in [2.45, 2.75) is 13.0 Å². The number of nitrogens with two attached hydrogens (primary N) is 1. The molecule has 0 spiro atoms. The van der Waals surface area contributed by atoms with E-state index in [4.69, 9.17) is 15.9 Å². The van der Waals surface area contributed by atoms with Crippen LogP contribution in [-0.4, -0.2) is 62.1 Å². The fraction of sp³-hybridized carbons (Fsp3) is 0.700. The first kappa shape index (κ1) is 18.4. The van der Waals surface area contributed by atoms with E-state index in [9.17, 15) is 9.59 Å². The normalized spacial score (nSPS) is 17.7. The van der Waals surface area contributed by atoms with Crippen molar-refractivity contribution < 1.29 is 23.8 Å². The van der Waals surface area contributed by atoms with Crippen LogP contribution < -0.4 is 11.1 Å². The highest BCUT2D eigenvalue weighted by molar-refractivity contribution is 5.95. The van der Waals surface area contributed by atoms with Gasteiger partial charge in [-0.2, -0.15) is 0 Å². The molecule has 9 nitrogen and oxygen atoms in total. The van der Waals surface area contributed by atoms with Crippen LogP contribution in [0.15, 0.2) is 0 Å². The topological polar surface area (TPSA) is 127 Å². The van der Waals surface area contributed by atoms with E-state index in [0.717, 1.165) is 0 Å². The van der Waals surface area contributed by atoms with E-state index in [0.29, 0.717) is 26.2 Å². The molecule has 116 valence electrons. The van der Waals surface area contributed by atoms with Crippen LogP contribution in [0.25, 0.3) is 0 Å². The average Bonchev–Trinajstić information content (AvgIpc) is 2.38. The summed E-state index contributed by atoms with van der Waals surface area (Å²) in [5, 5.41) is 9.82. The van der Waals surface area contributed by atoms with Gasteiger partial charge in [0.05, 0.1) is 19.3 Å². The zero-order chi connectivity index (χ0) is 14.3. The quantitative estimate of drug-likeness (QED) is 0.281. The minimum Gasteiger partial charge on any atom is -0.434 e. The Hall–Kier alpha value is -1.58. The number of hydrogen-bond acceptors (Lipinski definition) is 7. The van der Waals surface area contributed by atoms with Crippen LogP contribution >= 0.6 is 12.4 Å². The van der Waals surface area contributed by atoms with Gasteiger partial charge < -0.3 is 24.8 Å². The third-order valence-corrected chi connectivity index (χ3v) is 2.38. The van der Waals surface area contributed by atoms with Crippen LogP contribution in [0.2, 0.25) is 0 Å². The Labute approximate surface area is 122 Å². The molecule has 0 bridgehead atoms. The molecule has 4 N–H and O–H groups in total. The Kier molecular flexibility index (Phi) is 8.61. The van der Waals surface area contributed by atoms with Gasteiger partial charge >= 0.3 is 12.2 Å². The van der Waals surface area contributed by atoms with Crippen LogP contribution in [0.5, 0.6) is 0 Å². The van der Waals surface area contributed by atoms with Gasteiger partial charge in [0.1, 0.15) is 0 Å². The summed E-state index contributed by atoms with van der Waals surface area (Å²) < 4.78 is 14.0. The average molecular weight is 311 g/mol. The monoisotopic (exact) mass is 310 g/mol. The highest BCUT2D eigenvalue weighted by Crippen LogP contribution is 2.03. The van der Waals surface area contributed by atoms with Crippen molar-refractivity contribution in [3.8, 4) is 0 Å². The Morgan fingerprint density at radius 3 is 2.85 bits per heavy atom. The fourth-order valence-electron chi connectivity index (χ4n) is 1.49. The number of nitrogens with one attached hydrogen (secondary N) is 2. The smallest absolute Gasteiger partial charge is 0.434 e. The summed E-state index contributed by atoms with van der Waals surface area (Å²) in [4.78, 5) is 23.7. The number of ether oxygens (including phenoxy) is 3. The summed E-state index contributed by atoms with van der Waals surface area (Å²) in [6.07, 6.45) is -2.34. The zero-order valence-corrected chi connectivity index (χ0v) is 11.9. The first-order valence-corrected chi connectivity index (χ1v) is 5.87. The maximum absolute atomic E-state index is 11.3. The van der Waals surface area contributed by atoms with Gasteiger partial charge in [-0.3, -0.25) is 10.7 Å². The number of amides is 1. The van der Waals surface area contributed by atoms with Crippen LogP contribution in [0.1, 0.15) is 6.92 Å². The van der Waals surface area contributed by atoms with Gasteiger partial charge in [0.2, 0.25) is 5.96 Å². The molecule has 0 aliphatic carbocycles. The maximum atomic E-state index is 11.3. The third-order valence-electron chi connectivity index (χ3n) is 2.38. The van der Waals surface area contributed by atoms with Crippen LogP contribution in [0, 0.1) is 5.41 Å². The summed E-state index contributed by atoms with van der Waals surface area (Å²) in [5.41, 5.74) is 5.47. The second-order valence-corrected chi connectivity index (χ2v) is 3.72. The molecule has 0 aromatic heterocycles. The fourth-order valence-corrected chi connectivity index (χ4v) is 1.49. The summed E-state index contributed by atoms with van der Waals surface area (Å²) in [5.74, 6) is -0.170. The first-order valence-electron chi connectivity index (χ1n) is 5.87. The van der Waals surface area contributed by atoms with Crippen molar-refractivity contribution in [2.75, 3.05) is 32.8 Å². The molecule has 1 amide bonds. The summed E-state index contributed by atoms with van der Waals surface area (Å²) in [6, 6.07) is 0. The van der Waals surface area contributed by atoms with E-state index in [1.807, 2.05) is 0 Å². The van der Waals surface area contributed by atoms with Gasteiger partial charge in [0.15, 0.2) is 0 Å². The number of hydrogen-bond donors (Lipinski definition) is 3. The van der Waals surface area contributed by atoms with Gasteiger partial charge in [0.25, 0.3) is 0 Å².